The number of nitrogens with one attached hydrogen (secondary N) is 1. The lowest BCUT2D eigenvalue weighted by molar-refractivity contribution is -0.384. The number of hydrogen-bond acceptors (Lipinski definition) is 6. The van der Waals surface area contributed by atoms with Gasteiger partial charge in [-0.05, 0) is 30.7 Å². The van der Waals surface area contributed by atoms with Crippen LogP contribution in [0.5, 0.6) is 5.75 Å². The minimum Gasteiger partial charge on any atom is -0.496 e. The summed E-state index contributed by atoms with van der Waals surface area (Å²) in [6, 6.07) is 7.95. The molecule has 1 fully saturated rings. The molecular formula is C19H20BrN3O5. The van der Waals surface area contributed by atoms with Crippen molar-refractivity contribution < 1.29 is 19.2 Å². The maximum atomic E-state index is 13.0. The monoisotopic (exact) mass is 449 g/mol. The first-order valence-corrected chi connectivity index (χ1v) is 9.46. The molecule has 28 heavy (non-hydrogen) atoms. The summed E-state index contributed by atoms with van der Waals surface area (Å²) < 4.78 is 11.5. The van der Waals surface area contributed by atoms with Crippen LogP contribution in [0, 0.1) is 17.0 Å². The smallest absolute Gasteiger partial charge is 0.271 e. The summed E-state index contributed by atoms with van der Waals surface area (Å²) in [5.74, 6) is 0.125. The lowest BCUT2D eigenvalue weighted by Gasteiger charge is -2.30. The molecule has 9 heteroatoms. The van der Waals surface area contributed by atoms with Gasteiger partial charge in [-0.15, -0.1) is 0 Å². The summed E-state index contributed by atoms with van der Waals surface area (Å²) in [6.07, 6.45) is 0. The van der Waals surface area contributed by atoms with Gasteiger partial charge in [0.25, 0.3) is 11.6 Å². The topological polar surface area (TPSA) is 93.9 Å². The maximum Gasteiger partial charge on any atom is 0.271 e. The van der Waals surface area contributed by atoms with Gasteiger partial charge in [0.15, 0.2) is 0 Å². The minimum absolute atomic E-state index is 0.0321. The van der Waals surface area contributed by atoms with Crippen molar-refractivity contribution in [2.75, 3.05) is 43.6 Å². The molecule has 1 saturated heterocycles. The van der Waals surface area contributed by atoms with E-state index in [-0.39, 0.29) is 11.6 Å². The van der Waals surface area contributed by atoms with Crippen LogP contribution < -0.4 is 15.0 Å². The summed E-state index contributed by atoms with van der Waals surface area (Å²) in [7, 11) is 1.51. The summed E-state index contributed by atoms with van der Waals surface area (Å²) >= 11 is 3.40. The molecule has 0 aromatic heterocycles. The summed E-state index contributed by atoms with van der Waals surface area (Å²) in [5, 5.41) is 14.1. The number of carbonyl (C=O) groups excluding carboxylic acids is 1. The fraction of sp³-hybridized carbons (Fsp3) is 0.316. The van der Waals surface area contributed by atoms with Gasteiger partial charge in [-0.25, -0.2) is 0 Å². The molecule has 1 amide bonds. The molecule has 0 saturated carbocycles. The van der Waals surface area contributed by atoms with Crippen LogP contribution in [0.4, 0.5) is 17.1 Å². The summed E-state index contributed by atoms with van der Waals surface area (Å²) in [6.45, 7) is 4.07. The van der Waals surface area contributed by atoms with Crippen molar-refractivity contribution in [3.8, 4) is 5.75 Å². The third-order valence-corrected chi connectivity index (χ3v) is 4.94. The van der Waals surface area contributed by atoms with E-state index in [0.29, 0.717) is 49.0 Å². The van der Waals surface area contributed by atoms with Crippen molar-refractivity contribution in [2.45, 2.75) is 6.92 Å². The number of halogens is 1. The number of nitro benzene ring substituents is 1. The van der Waals surface area contributed by atoms with E-state index in [0.717, 1.165) is 10.0 Å². The lowest BCUT2D eigenvalue weighted by Crippen LogP contribution is -2.36. The Kier molecular flexibility index (Phi) is 6.15. The Balaban J connectivity index is 1.97. The van der Waals surface area contributed by atoms with E-state index in [9.17, 15) is 14.9 Å². The number of methoxy groups -OCH3 is 1. The Morgan fingerprint density at radius 3 is 2.64 bits per heavy atom. The molecular weight excluding hydrogens is 430 g/mol. The van der Waals surface area contributed by atoms with Crippen molar-refractivity contribution >= 4 is 38.9 Å². The molecule has 0 unspecified atom stereocenters. The van der Waals surface area contributed by atoms with Crippen molar-refractivity contribution in [3.05, 3.63) is 56.0 Å². The number of non-ortho nitro benzene ring substituents is 1. The molecule has 0 bridgehead atoms. The van der Waals surface area contributed by atoms with Gasteiger partial charge in [-0.1, -0.05) is 15.9 Å². The van der Waals surface area contributed by atoms with Crippen LogP contribution in [0.25, 0.3) is 0 Å². The highest BCUT2D eigenvalue weighted by atomic mass is 79.9. The Labute approximate surface area is 170 Å². The zero-order valence-corrected chi connectivity index (χ0v) is 17.1. The van der Waals surface area contributed by atoms with Crippen molar-refractivity contribution in [2.24, 2.45) is 0 Å². The molecule has 1 aliphatic rings. The van der Waals surface area contributed by atoms with Crippen LogP contribution in [0.2, 0.25) is 0 Å². The third kappa shape index (κ3) is 4.26. The zero-order chi connectivity index (χ0) is 20.3. The fourth-order valence-electron chi connectivity index (χ4n) is 3.16. The molecule has 1 N–H and O–H groups in total. The number of rotatable bonds is 5. The molecule has 148 valence electrons. The van der Waals surface area contributed by atoms with E-state index in [1.807, 2.05) is 17.9 Å². The third-order valence-electron chi connectivity index (χ3n) is 4.48. The SMILES string of the molecule is COc1c(C)cc(Br)cc1C(=O)Nc1ccc([N+](=O)[O-])cc1N1CCOCC1. The van der Waals surface area contributed by atoms with E-state index in [2.05, 4.69) is 21.2 Å². The summed E-state index contributed by atoms with van der Waals surface area (Å²) in [5.41, 5.74) is 2.25. The molecule has 3 rings (SSSR count). The normalized spacial score (nSPS) is 13.9. The second kappa shape index (κ2) is 8.57. The summed E-state index contributed by atoms with van der Waals surface area (Å²) in [4.78, 5) is 25.7. The Bertz CT molecular complexity index is 913. The molecule has 2 aromatic rings. The molecule has 0 radical (unpaired) electrons. The number of anilines is 2. The first kappa shape index (κ1) is 20.1. The minimum atomic E-state index is -0.448. The predicted molar refractivity (Wildman–Crippen MR) is 110 cm³/mol. The number of nitrogens with zero attached hydrogens (tertiary/aromatic N) is 2. The molecule has 2 aromatic carbocycles. The van der Waals surface area contributed by atoms with E-state index in [1.165, 1.54) is 19.2 Å². The number of ether oxygens (including phenoxy) is 2. The number of benzene rings is 2. The number of aryl methyl sites for hydroxylation is 1. The lowest BCUT2D eigenvalue weighted by atomic mass is 10.1. The average molecular weight is 450 g/mol. The molecule has 1 aliphatic heterocycles. The van der Waals surface area contributed by atoms with Gasteiger partial charge < -0.3 is 19.7 Å². The highest BCUT2D eigenvalue weighted by molar-refractivity contribution is 9.10. The van der Waals surface area contributed by atoms with E-state index in [1.54, 1.807) is 12.1 Å². The highest BCUT2D eigenvalue weighted by Crippen LogP contribution is 2.33. The number of hydrogen-bond donors (Lipinski definition) is 1. The van der Waals surface area contributed by atoms with Gasteiger partial charge in [-0.2, -0.15) is 0 Å². The van der Waals surface area contributed by atoms with Gasteiger partial charge in [0.05, 0.1) is 42.2 Å². The van der Waals surface area contributed by atoms with Gasteiger partial charge in [0, 0.05) is 29.7 Å². The second-order valence-corrected chi connectivity index (χ2v) is 7.23. The van der Waals surface area contributed by atoms with Crippen LogP contribution in [0.3, 0.4) is 0 Å². The molecule has 0 atom stereocenters. The quantitative estimate of drug-likeness (QED) is 0.551. The molecule has 0 aliphatic carbocycles. The van der Waals surface area contributed by atoms with Crippen LogP contribution in [-0.4, -0.2) is 44.2 Å². The van der Waals surface area contributed by atoms with E-state index in [4.69, 9.17) is 9.47 Å². The Morgan fingerprint density at radius 2 is 2.00 bits per heavy atom. The first-order valence-electron chi connectivity index (χ1n) is 8.67. The van der Waals surface area contributed by atoms with Gasteiger partial charge in [-0.3, -0.25) is 14.9 Å². The average Bonchev–Trinajstić information content (AvgIpc) is 2.68. The number of morpholine rings is 1. The van der Waals surface area contributed by atoms with E-state index >= 15 is 0 Å². The Morgan fingerprint density at radius 1 is 1.29 bits per heavy atom. The van der Waals surface area contributed by atoms with Crippen LogP contribution in [0.15, 0.2) is 34.8 Å². The number of amides is 1. The van der Waals surface area contributed by atoms with Crippen LogP contribution in [-0.2, 0) is 4.74 Å². The fourth-order valence-corrected chi connectivity index (χ4v) is 3.74. The first-order chi connectivity index (χ1) is 13.4. The number of nitro groups is 1. The zero-order valence-electron chi connectivity index (χ0n) is 15.5. The van der Waals surface area contributed by atoms with Crippen molar-refractivity contribution in [3.63, 3.8) is 0 Å². The van der Waals surface area contributed by atoms with Crippen molar-refractivity contribution in [1.29, 1.82) is 0 Å². The second-order valence-electron chi connectivity index (χ2n) is 6.32. The predicted octanol–water partition coefficient (Wildman–Crippen LogP) is 3.76. The molecule has 1 heterocycles. The standard InChI is InChI=1S/C19H20BrN3O5/c1-12-9-13(20)10-15(18(12)27-2)19(24)21-16-4-3-14(23(25)26)11-17(16)22-5-7-28-8-6-22/h3-4,9-11H,5-8H2,1-2H3,(H,21,24). The Hall–Kier alpha value is -2.65. The molecule has 8 nitrogen and oxygen atoms in total. The van der Waals surface area contributed by atoms with E-state index < -0.39 is 4.92 Å². The maximum absolute atomic E-state index is 13.0. The van der Waals surface area contributed by atoms with Crippen LogP contribution >= 0.6 is 15.9 Å². The van der Waals surface area contributed by atoms with Gasteiger partial charge in [0.1, 0.15) is 5.75 Å². The van der Waals surface area contributed by atoms with Crippen molar-refractivity contribution in [1.82, 2.24) is 0 Å². The number of carbonyl (C=O) groups is 1. The van der Waals surface area contributed by atoms with Gasteiger partial charge >= 0.3 is 0 Å². The largest absolute Gasteiger partial charge is 0.496 e. The van der Waals surface area contributed by atoms with Crippen LogP contribution in [0.1, 0.15) is 15.9 Å². The van der Waals surface area contributed by atoms with Gasteiger partial charge in [0.2, 0.25) is 0 Å². The molecule has 0 spiro atoms. The highest BCUT2D eigenvalue weighted by Gasteiger charge is 2.22.